The van der Waals surface area contributed by atoms with Gasteiger partial charge in [0.1, 0.15) is 0 Å². The van der Waals surface area contributed by atoms with E-state index in [9.17, 15) is 4.79 Å². The average molecular weight is 283 g/mol. The molecule has 3 heteroatoms. The number of amides is 1. The Balaban J connectivity index is 1.77. The van der Waals surface area contributed by atoms with Gasteiger partial charge in [0.25, 0.3) is 0 Å². The number of aliphatic hydroxyl groups excluding tert-OH is 1. The number of nitrogens with zero attached hydrogens (tertiary/aromatic N) is 1. The minimum atomic E-state index is 0.343. The van der Waals surface area contributed by atoms with Crippen molar-refractivity contribution in [3.63, 3.8) is 0 Å². The summed E-state index contributed by atoms with van der Waals surface area (Å²) < 4.78 is 0. The van der Waals surface area contributed by atoms with Crippen LogP contribution in [0.1, 0.15) is 83.5 Å². The highest BCUT2D eigenvalue weighted by Crippen LogP contribution is 2.13. The van der Waals surface area contributed by atoms with Gasteiger partial charge in [0.2, 0.25) is 5.91 Å². The zero-order valence-corrected chi connectivity index (χ0v) is 13.1. The van der Waals surface area contributed by atoms with E-state index in [0.717, 1.165) is 32.4 Å². The summed E-state index contributed by atoms with van der Waals surface area (Å²) in [4.78, 5) is 13.8. The van der Waals surface area contributed by atoms with E-state index in [0.29, 0.717) is 12.5 Å². The maximum absolute atomic E-state index is 11.8. The molecule has 0 bridgehead atoms. The van der Waals surface area contributed by atoms with Gasteiger partial charge in [-0.25, -0.2) is 0 Å². The first kappa shape index (κ1) is 17.5. The Bertz CT molecular complexity index is 237. The van der Waals surface area contributed by atoms with E-state index >= 15 is 0 Å². The summed E-state index contributed by atoms with van der Waals surface area (Å²) in [7, 11) is 0. The topological polar surface area (TPSA) is 40.5 Å². The quantitative estimate of drug-likeness (QED) is 0.552. The molecule has 0 aromatic heterocycles. The van der Waals surface area contributed by atoms with E-state index < -0.39 is 0 Å². The number of carbonyl (C=O) groups is 1. The molecule has 0 spiro atoms. The zero-order valence-electron chi connectivity index (χ0n) is 13.1. The van der Waals surface area contributed by atoms with Gasteiger partial charge in [-0.15, -0.1) is 0 Å². The summed E-state index contributed by atoms with van der Waals surface area (Å²) in [5.74, 6) is 0.381. The second-order valence-corrected chi connectivity index (χ2v) is 6.10. The molecule has 0 unspecified atom stereocenters. The molecule has 0 aromatic carbocycles. The number of likely N-dealkylation sites (tertiary alicyclic amines) is 1. The molecule has 3 nitrogen and oxygen atoms in total. The molecule has 1 aliphatic rings. The molecule has 0 aromatic rings. The van der Waals surface area contributed by atoms with Crippen molar-refractivity contribution >= 4 is 5.91 Å². The zero-order chi connectivity index (χ0) is 14.5. The first-order valence-electron chi connectivity index (χ1n) is 8.73. The predicted octanol–water partition coefficient (Wildman–Crippen LogP) is 3.89. The highest BCUT2D eigenvalue weighted by molar-refractivity contribution is 5.76. The van der Waals surface area contributed by atoms with Crippen LogP contribution in [0.15, 0.2) is 0 Å². The number of hydrogen-bond donors (Lipinski definition) is 1. The van der Waals surface area contributed by atoms with Crippen molar-refractivity contribution in [1.82, 2.24) is 4.90 Å². The fourth-order valence-corrected chi connectivity index (χ4v) is 2.93. The van der Waals surface area contributed by atoms with Crippen LogP contribution in [0.3, 0.4) is 0 Å². The van der Waals surface area contributed by atoms with Crippen molar-refractivity contribution in [2.75, 3.05) is 19.7 Å². The lowest BCUT2D eigenvalue weighted by molar-refractivity contribution is -0.130. The highest BCUT2D eigenvalue weighted by atomic mass is 16.2. The monoisotopic (exact) mass is 283 g/mol. The van der Waals surface area contributed by atoms with Gasteiger partial charge in [-0.05, 0) is 25.7 Å². The summed E-state index contributed by atoms with van der Waals surface area (Å²) in [6.45, 7) is 2.33. The van der Waals surface area contributed by atoms with E-state index in [-0.39, 0.29) is 0 Å². The molecule has 1 aliphatic heterocycles. The average Bonchev–Trinajstić information content (AvgIpc) is 2.99. The molecule has 1 saturated heterocycles. The van der Waals surface area contributed by atoms with Crippen molar-refractivity contribution in [2.45, 2.75) is 83.5 Å². The van der Waals surface area contributed by atoms with Gasteiger partial charge < -0.3 is 10.0 Å². The van der Waals surface area contributed by atoms with Gasteiger partial charge in [-0.3, -0.25) is 4.79 Å². The van der Waals surface area contributed by atoms with E-state index in [4.69, 9.17) is 5.11 Å². The van der Waals surface area contributed by atoms with E-state index in [1.807, 2.05) is 4.90 Å². The number of rotatable bonds is 12. The first-order chi connectivity index (χ1) is 9.84. The van der Waals surface area contributed by atoms with Crippen LogP contribution in [-0.2, 0) is 4.79 Å². The normalized spacial score (nSPS) is 14.9. The van der Waals surface area contributed by atoms with E-state index in [1.165, 1.54) is 64.2 Å². The fraction of sp³-hybridized carbons (Fsp3) is 0.941. The Morgan fingerprint density at radius 3 is 1.70 bits per heavy atom. The summed E-state index contributed by atoms with van der Waals surface area (Å²) >= 11 is 0. The van der Waals surface area contributed by atoms with Gasteiger partial charge in [0, 0.05) is 26.1 Å². The molecule has 0 atom stereocenters. The highest BCUT2D eigenvalue weighted by Gasteiger charge is 2.16. The molecule has 0 saturated carbocycles. The molecule has 1 amide bonds. The molecular formula is C17H33NO2. The van der Waals surface area contributed by atoms with Gasteiger partial charge in [0.15, 0.2) is 0 Å². The van der Waals surface area contributed by atoms with Crippen LogP contribution in [0.2, 0.25) is 0 Å². The lowest BCUT2D eigenvalue weighted by atomic mass is 10.1. The Morgan fingerprint density at radius 1 is 0.750 bits per heavy atom. The minimum absolute atomic E-state index is 0.343. The summed E-state index contributed by atoms with van der Waals surface area (Å²) in [6.07, 6.45) is 15.4. The molecule has 1 N–H and O–H groups in total. The van der Waals surface area contributed by atoms with Crippen LogP contribution >= 0.6 is 0 Å². The van der Waals surface area contributed by atoms with E-state index in [2.05, 4.69) is 0 Å². The van der Waals surface area contributed by atoms with Crippen molar-refractivity contribution in [3.05, 3.63) is 0 Å². The van der Waals surface area contributed by atoms with Crippen LogP contribution < -0.4 is 0 Å². The van der Waals surface area contributed by atoms with E-state index in [1.54, 1.807) is 0 Å². The Labute approximate surface area is 124 Å². The Kier molecular flexibility index (Phi) is 10.7. The second-order valence-electron chi connectivity index (χ2n) is 6.10. The maximum atomic E-state index is 11.8. The summed E-state index contributed by atoms with van der Waals surface area (Å²) in [6, 6.07) is 0. The fourth-order valence-electron chi connectivity index (χ4n) is 2.93. The number of carbonyl (C=O) groups excluding carboxylic acids is 1. The summed E-state index contributed by atoms with van der Waals surface area (Å²) in [5.41, 5.74) is 0. The SMILES string of the molecule is O=C(CCCCCCCCCCCCO)N1CCCC1. The number of hydrogen-bond acceptors (Lipinski definition) is 2. The molecule has 0 aliphatic carbocycles. The third-order valence-corrected chi connectivity index (χ3v) is 4.26. The molecular weight excluding hydrogens is 250 g/mol. The molecule has 20 heavy (non-hydrogen) atoms. The first-order valence-corrected chi connectivity index (χ1v) is 8.73. The van der Waals surface area contributed by atoms with Gasteiger partial charge in [-0.1, -0.05) is 51.4 Å². The summed E-state index contributed by atoms with van der Waals surface area (Å²) in [5, 5.41) is 8.67. The maximum Gasteiger partial charge on any atom is 0.222 e. The van der Waals surface area contributed by atoms with Crippen LogP contribution in [0.4, 0.5) is 0 Å². The third-order valence-electron chi connectivity index (χ3n) is 4.26. The molecule has 1 rings (SSSR count). The predicted molar refractivity (Wildman–Crippen MR) is 83.7 cm³/mol. The standard InChI is InChI=1S/C17H33NO2/c19-16-12-8-6-4-2-1-3-5-7-9-13-17(20)18-14-10-11-15-18/h19H,1-16H2. The van der Waals surface area contributed by atoms with Crippen molar-refractivity contribution in [1.29, 1.82) is 0 Å². The van der Waals surface area contributed by atoms with Crippen molar-refractivity contribution in [2.24, 2.45) is 0 Å². The van der Waals surface area contributed by atoms with Crippen LogP contribution in [0, 0.1) is 0 Å². The smallest absolute Gasteiger partial charge is 0.222 e. The lowest BCUT2D eigenvalue weighted by Crippen LogP contribution is -2.27. The number of unbranched alkanes of at least 4 members (excludes halogenated alkanes) is 9. The number of aliphatic hydroxyl groups is 1. The van der Waals surface area contributed by atoms with Gasteiger partial charge >= 0.3 is 0 Å². The molecule has 118 valence electrons. The lowest BCUT2D eigenvalue weighted by Gasteiger charge is -2.14. The third kappa shape index (κ3) is 8.57. The van der Waals surface area contributed by atoms with Crippen molar-refractivity contribution < 1.29 is 9.90 Å². The minimum Gasteiger partial charge on any atom is -0.396 e. The molecule has 0 radical (unpaired) electrons. The second kappa shape index (κ2) is 12.2. The van der Waals surface area contributed by atoms with Gasteiger partial charge in [0.05, 0.1) is 0 Å². The van der Waals surface area contributed by atoms with Crippen LogP contribution in [0.25, 0.3) is 0 Å². The van der Waals surface area contributed by atoms with Crippen LogP contribution in [0.5, 0.6) is 0 Å². The van der Waals surface area contributed by atoms with Crippen molar-refractivity contribution in [3.8, 4) is 0 Å². The largest absolute Gasteiger partial charge is 0.396 e. The molecule has 1 fully saturated rings. The Morgan fingerprint density at radius 2 is 1.20 bits per heavy atom. The Hall–Kier alpha value is -0.570. The van der Waals surface area contributed by atoms with Crippen LogP contribution in [-0.4, -0.2) is 35.6 Å². The van der Waals surface area contributed by atoms with Gasteiger partial charge in [-0.2, -0.15) is 0 Å². The molecule has 1 heterocycles.